The molecule has 2 rings (SSSR count). The number of hydrogen-bond donors (Lipinski definition) is 2. The number of carbonyl (C=O) groups is 2. The van der Waals surface area contributed by atoms with Crippen molar-refractivity contribution in [1.82, 2.24) is 5.32 Å². The molecule has 0 aliphatic heterocycles. The average Bonchev–Trinajstić information content (AvgIpc) is 2.58. The predicted octanol–water partition coefficient (Wildman–Crippen LogP) is 3.36. The van der Waals surface area contributed by atoms with E-state index in [1.807, 2.05) is 0 Å². The van der Waals surface area contributed by atoms with E-state index in [4.69, 9.17) is 11.6 Å². The Hall–Kier alpha value is -1.39. The quantitative estimate of drug-likeness (QED) is 0.750. The smallest absolute Gasteiger partial charge is 0.220 e. The maximum atomic E-state index is 12.0. The molecule has 4 nitrogen and oxygen atoms in total. The average molecular weight is 338 g/mol. The number of benzene rings is 1. The van der Waals surface area contributed by atoms with Crippen LogP contribution in [0, 0.1) is 5.41 Å². The molecular formula is C18H24ClNO3. The maximum absolute atomic E-state index is 12.0. The van der Waals surface area contributed by atoms with E-state index in [0.29, 0.717) is 17.1 Å². The number of carbonyl (C=O) groups excluding carboxylic acids is 2. The van der Waals surface area contributed by atoms with Crippen molar-refractivity contribution in [3.05, 3.63) is 34.9 Å². The van der Waals surface area contributed by atoms with Crippen molar-refractivity contribution in [1.29, 1.82) is 0 Å². The Balaban J connectivity index is 1.77. The van der Waals surface area contributed by atoms with Gasteiger partial charge in [0.05, 0.1) is 6.61 Å². The molecule has 0 heterocycles. The molecule has 1 aromatic carbocycles. The van der Waals surface area contributed by atoms with Crippen molar-refractivity contribution in [3.8, 4) is 0 Å². The van der Waals surface area contributed by atoms with Gasteiger partial charge in [0.1, 0.15) is 0 Å². The van der Waals surface area contributed by atoms with Gasteiger partial charge in [-0.2, -0.15) is 0 Å². The lowest BCUT2D eigenvalue weighted by Crippen LogP contribution is -2.41. The molecule has 1 aliphatic carbocycles. The summed E-state index contributed by atoms with van der Waals surface area (Å²) in [5.41, 5.74) is 0.356. The van der Waals surface area contributed by atoms with E-state index in [2.05, 4.69) is 5.32 Å². The summed E-state index contributed by atoms with van der Waals surface area (Å²) in [6, 6.07) is 6.76. The molecule has 126 valence electrons. The van der Waals surface area contributed by atoms with Gasteiger partial charge in [-0.15, -0.1) is 0 Å². The first-order chi connectivity index (χ1) is 11.0. The van der Waals surface area contributed by atoms with Gasteiger partial charge < -0.3 is 10.4 Å². The van der Waals surface area contributed by atoms with Crippen LogP contribution in [0.2, 0.25) is 5.02 Å². The third kappa shape index (κ3) is 5.33. The number of amides is 1. The summed E-state index contributed by atoms with van der Waals surface area (Å²) in [6.07, 6.45) is 5.62. The van der Waals surface area contributed by atoms with E-state index in [1.54, 1.807) is 24.3 Å². The molecular weight excluding hydrogens is 314 g/mol. The topological polar surface area (TPSA) is 66.4 Å². The van der Waals surface area contributed by atoms with Crippen LogP contribution in [0.15, 0.2) is 24.3 Å². The molecule has 0 bridgehead atoms. The van der Waals surface area contributed by atoms with Crippen LogP contribution in [0.25, 0.3) is 0 Å². The number of aliphatic hydroxyl groups excluding tert-OH is 1. The fraction of sp³-hybridized carbons (Fsp3) is 0.556. The molecule has 0 saturated heterocycles. The summed E-state index contributed by atoms with van der Waals surface area (Å²) < 4.78 is 0. The second kappa shape index (κ2) is 8.46. The molecule has 1 aliphatic rings. The zero-order chi connectivity index (χ0) is 16.7. The van der Waals surface area contributed by atoms with E-state index in [-0.39, 0.29) is 36.6 Å². The van der Waals surface area contributed by atoms with Crippen molar-refractivity contribution < 1.29 is 14.7 Å². The van der Waals surface area contributed by atoms with Gasteiger partial charge in [0.15, 0.2) is 5.78 Å². The van der Waals surface area contributed by atoms with Gasteiger partial charge in [-0.3, -0.25) is 9.59 Å². The summed E-state index contributed by atoms with van der Waals surface area (Å²) in [5, 5.41) is 13.0. The first kappa shape index (κ1) is 18.0. The van der Waals surface area contributed by atoms with E-state index in [9.17, 15) is 14.7 Å². The summed E-state index contributed by atoms with van der Waals surface area (Å²) in [7, 11) is 0. The highest BCUT2D eigenvalue weighted by atomic mass is 35.5. The van der Waals surface area contributed by atoms with Gasteiger partial charge in [-0.05, 0) is 25.0 Å². The number of nitrogens with one attached hydrogen (secondary N) is 1. The Morgan fingerprint density at radius 2 is 1.91 bits per heavy atom. The van der Waals surface area contributed by atoms with Crippen molar-refractivity contribution in [2.75, 3.05) is 13.2 Å². The molecule has 0 aromatic heterocycles. The van der Waals surface area contributed by atoms with Crippen molar-refractivity contribution in [2.45, 2.75) is 44.9 Å². The van der Waals surface area contributed by atoms with Crippen LogP contribution >= 0.6 is 11.6 Å². The summed E-state index contributed by atoms with van der Waals surface area (Å²) in [4.78, 5) is 24.0. The first-order valence-corrected chi connectivity index (χ1v) is 8.59. The summed E-state index contributed by atoms with van der Waals surface area (Å²) >= 11 is 5.86. The minimum absolute atomic E-state index is 0.0859. The Labute approximate surface area is 142 Å². The Morgan fingerprint density at radius 1 is 1.17 bits per heavy atom. The minimum atomic E-state index is -0.176. The van der Waals surface area contributed by atoms with Crippen molar-refractivity contribution in [3.63, 3.8) is 0 Å². The molecule has 1 fully saturated rings. The number of hydrogen-bond acceptors (Lipinski definition) is 3. The zero-order valence-electron chi connectivity index (χ0n) is 13.3. The molecule has 0 atom stereocenters. The lowest BCUT2D eigenvalue weighted by molar-refractivity contribution is -0.121. The molecule has 0 radical (unpaired) electrons. The van der Waals surface area contributed by atoms with E-state index in [0.717, 1.165) is 25.7 Å². The van der Waals surface area contributed by atoms with Crippen LogP contribution in [0.4, 0.5) is 0 Å². The van der Waals surface area contributed by atoms with Crippen LogP contribution in [-0.2, 0) is 4.79 Å². The predicted molar refractivity (Wildman–Crippen MR) is 90.6 cm³/mol. The minimum Gasteiger partial charge on any atom is -0.396 e. The van der Waals surface area contributed by atoms with Gasteiger partial charge in [0, 0.05) is 35.4 Å². The van der Waals surface area contributed by atoms with Gasteiger partial charge in [0.2, 0.25) is 5.91 Å². The van der Waals surface area contributed by atoms with Crippen molar-refractivity contribution >= 4 is 23.3 Å². The van der Waals surface area contributed by atoms with Gasteiger partial charge in [-0.25, -0.2) is 0 Å². The van der Waals surface area contributed by atoms with Gasteiger partial charge >= 0.3 is 0 Å². The number of ketones is 1. The third-order valence-electron chi connectivity index (χ3n) is 4.64. The number of rotatable bonds is 7. The van der Waals surface area contributed by atoms with Gasteiger partial charge in [0.25, 0.3) is 0 Å². The second-order valence-electron chi connectivity index (χ2n) is 6.43. The van der Waals surface area contributed by atoms with Crippen LogP contribution in [0.3, 0.4) is 0 Å². The SMILES string of the molecule is O=C(CCC(=O)c1cccc(Cl)c1)NCC1(CO)CCCCC1. The van der Waals surface area contributed by atoms with E-state index in [1.165, 1.54) is 6.42 Å². The summed E-state index contributed by atoms with van der Waals surface area (Å²) in [6.45, 7) is 0.600. The molecule has 1 amide bonds. The fourth-order valence-corrected chi connectivity index (χ4v) is 3.29. The van der Waals surface area contributed by atoms with Gasteiger partial charge in [-0.1, -0.05) is 43.0 Å². The highest BCUT2D eigenvalue weighted by Gasteiger charge is 2.31. The molecule has 5 heteroatoms. The highest BCUT2D eigenvalue weighted by Crippen LogP contribution is 2.35. The van der Waals surface area contributed by atoms with Crippen LogP contribution in [0.1, 0.15) is 55.3 Å². The third-order valence-corrected chi connectivity index (χ3v) is 4.87. The summed E-state index contributed by atoms with van der Waals surface area (Å²) in [5.74, 6) is -0.226. The molecule has 0 unspecified atom stereocenters. The standard InChI is InChI=1S/C18H24ClNO3/c19-15-6-4-5-14(11-15)16(22)7-8-17(23)20-12-18(13-21)9-2-1-3-10-18/h4-6,11,21H,1-3,7-10,12-13H2,(H,20,23). The van der Waals surface area contributed by atoms with Crippen LogP contribution < -0.4 is 5.32 Å². The van der Waals surface area contributed by atoms with Crippen molar-refractivity contribution in [2.24, 2.45) is 5.41 Å². The Morgan fingerprint density at radius 3 is 2.57 bits per heavy atom. The second-order valence-corrected chi connectivity index (χ2v) is 6.87. The number of halogens is 1. The normalized spacial score (nSPS) is 16.8. The van der Waals surface area contributed by atoms with E-state index >= 15 is 0 Å². The van der Waals surface area contributed by atoms with Crippen LogP contribution in [0.5, 0.6) is 0 Å². The molecule has 2 N–H and O–H groups in total. The highest BCUT2D eigenvalue weighted by molar-refractivity contribution is 6.31. The fourth-order valence-electron chi connectivity index (χ4n) is 3.10. The monoisotopic (exact) mass is 337 g/mol. The lowest BCUT2D eigenvalue weighted by atomic mass is 9.74. The first-order valence-electron chi connectivity index (χ1n) is 8.21. The lowest BCUT2D eigenvalue weighted by Gasteiger charge is -2.35. The van der Waals surface area contributed by atoms with Crippen LogP contribution in [-0.4, -0.2) is 29.9 Å². The van der Waals surface area contributed by atoms with E-state index < -0.39 is 0 Å². The Kier molecular flexibility index (Phi) is 6.60. The number of Topliss-reactive ketones (excluding diaryl/α,β-unsaturated/α-hetero) is 1. The molecule has 0 spiro atoms. The number of aliphatic hydroxyl groups is 1. The Bertz CT molecular complexity index is 553. The molecule has 1 saturated carbocycles. The zero-order valence-corrected chi connectivity index (χ0v) is 14.1. The maximum Gasteiger partial charge on any atom is 0.220 e. The molecule has 23 heavy (non-hydrogen) atoms. The largest absolute Gasteiger partial charge is 0.396 e. The molecule has 1 aromatic rings.